The van der Waals surface area contributed by atoms with Crippen LogP contribution in [0.1, 0.15) is 20.3 Å². The highest BCUT2D eigenvalue weighted by atomic mass is 16.6. The molecule has 0 aliphatic heterocycles. The standard InChI is InChI=1S/C7H13NO4/c1-3-12-7(9)6(2)4-5-8(10)11/h6H,3-5H2,1-2H3/t6-/m1/s1. The summed E-state index contributed by atoms with van der Waals surface area (Å²) in [4.78, 5) is 20.4. The van der Waals surface area contributed by atoms with E-state index in [4.69, 9.17) is 0 Å². The Labute approximate surface area is 70.9 Å². The van der Waals surface area contributed by atoms with Crippen molar-refractivity contribution < 1.29 is 14.5 Å². The summed E-state index contributed by atoms with van der Waals surface area (Å²) in [5.74, 6) is -0.741. The molecule has 0 radical (unpaired) electrons. The van der Waals surface area contributed by atoms with Crippen molar-refractivity contribution in [1.29, 1.82) is 0 Å². The van der Waals surface area contributed by atoms with Crippen LogP contribution in [0.25, 0.3) is 0 Å². The Morgan fingerprint density at radius 3 is 2.67 bits per heavy atom. The molecule has 0 aromatic heterocycles. The van der Waals surface area contributed by atoms with Crippen LogP contribution in [0.2, 0.25) is 0 Å². The lowest BCUT2D eigenvalue weighted by molar-refractivity contribution is -0.481. The van der Waals surface area contributed by atoms with Crippen LogP contribution < -0.4 is 0 Å². The van der Waals surface area contributed by atoms with Gasteiger partial charge in [-0.2, -0.15) is 0 Å². The Bertz CT molecular complexity index is 169. The number of hydrogen-bond donors (Lipinski definition) is 0. The minimum absolute atomic E-state index is 0.181. The molecule has 0 spiro atoms. The fourth-order valence-corrected chi connectivity index (χ4v) is 0.701. The first kappa shape index (κ1) is 10.9. The lowest BCUT2D eigenvalue weighted by Gasteiger charge is -2.06. The van der Waals surface area contributed by atoms with Crippen LogP contribution in [0, 0.1) is 16.0 Å². The van der Waals surface area contributed by atoms with Gasteiger partial charge in [0.2, 0.25) is 6.54 Å². The third kappa shape index (κ3) is 4.65. The van der Waals surface area contributed by atoms with Crippen LogP contribution >= 0.6 is 0 Å². The fourth-order valence-electron chi connectivity index (χ4n) is 0.701. The van der Waals surface area contributed by atoms with Crippen LogP contribution in [0.15, 0.2) is 0 Å². The topological polar surface area (TPSA) is 69.4 Å². The zero-order valence-electron chi connectivity index (χ0n) is 7.28. The van der Waals surface area contributed by atoms with Gasteiger partial charge in [-0.05, 0) is 6.92 Å². The molecule has 0 saturated heterocycles. The number of carbonyl (C=O) groups excluding carboxylic acids is 1. The van der Waals surface area contributed by atoms with E-state index < -0.39 is 4.92 Å². The summed E-state index contributed by atoms with van der Waals surface area (Å²) in [5, 5.41) is 9.94. The molecule has 0 N–H and O–H groups in total. The molecule has 0 heterocycles. The molecule has 0 aliphatic rings. The third-order valence-electron chi connectivity index (χ3n) is 1.43. The van der Waals surface area contributed by atoms with Gasteiger partial charge < -0.3 is 4.74 Å². The number of esters is 1. The minimum Gasteiger partial charge on any atom is -0.466 e. The highest BCUT2D eigenvalue weighted by molar-refractivity contribution is 5.71. The smallest absolute Gasteiger partial charge is 0.308 e. The zero-order valence-corrected chi connectivity index (χ0v) is 7.28. The Balaban J connectivity index is 3.63. The molecule has 0 unspecified atom stereocenters. The number of carbonyl (C=O) groups is 1. The molecule has 0 amide bonds. The van der Waals surface area contributed by atoms with Crippen molar-refractivity contribution >= 4 is 5.97 Å². The second kappa shape index (κ2) is 5.51. The molecule has 5 heteroatoms. The van der Waals surface area contributed by atoms with E-state index in [0.717, 1.165) is 0 Å². The van der Waals surface area contributed by atoms with Gasteiger partial charge in [-0.1, -0.05) is 6.92 Å². The maximum absolute atomic E-state index is 10.9. The lowest BCUT2D eigenvalue weighted by Crippen LogP contribution is -2.17. The first-order valence-electron chi connectivity index (χ1n) is 3.86. The Hall–Kier alpha value is -1.13. The molecular formula is C7H13NO4. The van der Waals surface area contributed by atoms with Crippen molar-refractivity contribution in [3.05, 3.63) is 10.1 Å². The zero-order chi connectivity index (χ0) is 9.56. The third-order valence-corrected chi connectivity index (χ3v) is 1.43. The van der Waals surface area contributed by atoms with Gasteiger partial charge in [0.05, 0.1) is 12.5 Å². The minimum atomic E-state index is -0.435. The quantitative estimate of drug-likeness (QED) is 0.353. The monoisotopic (exact) mass is 175 g/mol. The predicted molar refractivity (Wildman–Crippen MR) is 42.3 cm³/mol. The maximum atomic E-state index is 10.9. The first-order chi connectivity index (χ1) is 5.57. The molecule has 1 atom stereocenters. The van der Waals surface area contributed by atoms with Gasteiger partial charge in [0.1, 0.15) is 0 Å². The molecule has 5 nitrogen and oxygen atoms in total. The van der Waals surface area contributed by atoms with Crippen molar-refractivity contribution in [2.45, 2.75) is 20.3 Å². The second-order valence-electron chi connectivity index (χ2n) is 2.50. The van der Waals surface area contributed by atoms with Crippen LogP contribution in [-0.4, -0.2) is 24.0 Å². The van der Waals surface area contributed by atoms with Crippen LogP contribution in [0.4, 0.5) is 0 Å². The molecule has 0 rings (SSSR count). The molecule has 0 aliphatic carbocycles. The Kier molecular flexibility index (Phi) is 4.99. The summed E-state index contributed by atoms with van der Waals surface area (Å²) in [5.41, 5.74) is 0. The molecule has 0 aromatic carbocycles. The number of hydrogen-bond acceptors (Lipinski definition) is 4. The highest BCUT2D eigenvalue weighted by Gasteiger charge is 2.15. The molecule has 12 heavy (non-hydrogen) atoms. The summed E-state index contributed by atoms with van der Waals surface area (Å²) in [6, 6.07) is 0. The van der Waals surface area contributed by atoms with Gasteiger partial charge in [-0.15, -0.1) is 0 Å². The van der Waals surface area contributed by atoms with E-state index in [2.05, 4.69) is 4.74 Å². The fraction of sp³-hybridized carbons (Fsp3) is 0.857. The second-order valence-corrected chi connectivity index (χ2v) is 2.50. The van der Waals surface area contributed by atoms with Gasteiger partial charge >= 0.3 is 5.97 Å². The average molecular weight is 175 g/mol. The summed E-state index contributed by atoms with van der Waals surface area (Å²) in [6.07, 6.45) is 0.242. The van der Waals surface area contributed by atoms with Gasteiger partial charge in [0, 0.05) is 11.3 Å². The van der Waals surface area contributed by atoms with E-state index in [1.54, 1.807) is 13.8 Å². The number of nitro groups is 1. The van der Waals surface area contributed by atoms with Crippen molar-refractivity contribution in [3.8, 4) is 0 Å². The van der Waals surface area contributed by atoms with Gasteiger partial charge in [0.15, 0.2) is 0 Å². The SMILES string of the molecule is CCOC(=O)[C@H](C)CC[N+](=O)[O-]. The largest absolute Gasteiger partial charge is 0.466 e. The molecular weight excluding hydrogens is 162 g/mol. The number of ether oxygens (including phenoxy) is 1. The molecule has 0 bridgehead atoms. The molecule has 0 fully saturated rings. The van der Waals surface area contributed by atoms with Crippen molar-refractivity contribution in [3.63, 3.8) is 0 Å². The normalized spacial score (nSPS) is 12.2. The van der Waals surface area contributed by atoms with Crippen molar-refractivity contribution in [2.24, 2.45) is 5.92 Å². The lowest BCUT2D eigenvalue weighted by atomic mass is 10.1. The van der Waals surface area contributed by atoms with E-state index in [0.29, 0.717) is 6.61 Å². The van der Waals surface area contributed by atoms with Gasteiger partial charge in [-0.25, -0.2) is 0 Å². The number of rotatable bonds is 5. The van der Waals surface area contributed by atoms with E-state index in [1.807, 2.05) is 0 Å². The van der Waals surface area contributed by atoms with Gasteiger partial charge in [0.25, 0.3) is 0 Å². The van der Waals surface area contributed by atoms with Crippen LogP contribution in [-0.2, 0) is 9.53 Å². The number of nitrogens with zero attached hydrogens (tertiary/aromatic N) is 1. The van der Waals surface area contributed by atoms with E-state index in [9.17, 15) is 14.9 Å². The molecule has 70 valence electrons. The Morgan fingerprint density at radius 1 is 1.67 bits per heavy atom. The van der Waals surface area contributed by atoms with Crippen molar-refractivity contribution in [2.75, 3.05) is 13.2 Å². The maximum Gasteiger partial charge on any atom is 0.308 e. The van der Waals surface area contributed by atoms with E-state index in [1.165, 1.54) is 0 Å². The van der Waals surface area contributed by atoms with E-state index >= 15 is 0 Å². The summed E-state index contributed by atoms with van der Waals surface area (Å²) >= 11 is 0. The predicted octanol–water partition coefficient (Wildman–Crippen LogP) is 0.852. The molecule has 0 aromatic rings. The Morgan fingerprint density at radius 2 is 2.25 bits per heavy atom. The summed E-state index contributed by atoms with van der Waals surface area (Å²) in [7, 11) is 0. The summed E-state index contributed by atoms with van der Waals surface area (Å²) < 4.78 is 4.67. The van der Waals surface area contributed by atoms with Gasteiger partial charge in [-0.3, -0.25) is 14.9 Å². The van der Waals surface area contributed by atoms with E-state index in [-0.39, 0.29) is 24.9 Å². The molecule has 0 saturated carbocycles. The average Bonchev–Trinajstić information content (AvgIpc) is 2.00. The first-order valence-corrected chi connectivity index (χ1v) is 3.86. The van der Waals surface area contributed by atoms with Crippen LogP contribution in [0.3, 0.4) is 0 Å². The van der Waals surface area contributed by atoms with Crippen molar-refractivity contribution in [1.82, 2.24) is 0 Å². The van der Waals surface area contributed by atoms with Crippen LogP contribution in [0.5, 0.6) is 0 Å². The highest BCUT2D eigenvalue weighted by Crippen LogP contribution is 2.03. The summed E-state index contributed by atoms with van der Waals surface area (Å²) in [6.45, 7) is 3.47.